The van der Waals surface area contributed by atoms with E-state index in [-0.39, 0.29) is 17.2 Å². The van der Waals surface area contributed by atoms with Crippen LogP contribution in [0.15, 0.2) is 48.8 Å². The Morgan fingerprint density at radius 1 is 0.614 bits per heavy atom. The zero-order valence-corrected chi connectivity index (χ0v) is 25.4. The van der Waals surface area contributed by atoms with Gasteiger partial charge >= 0.3 is 0 Å². The fraction of sp³-hybridized carbons (Fsp3) is 0.438. The van der Waals surface area contributed by atoms with E-state index in [2.05, 4.69) is 19.8 Å². The van der Waals surface area contributed by atoms with Crippen LogP contribution in [0.5, 0.6) is 17.2 Å². The Kier molecular flexibility index (Phi) is 11.8. The first-order valence-electron chi connectivity index (χ1n) is 14.8. The Balaban J connectivity index is 1.15. The fourth-order valence-electron chi connectivity index (χ4n) is 5.18. The van der Waals surface area contributed by atoms with Crippen molar-refractivity contribution in [2.75, 3.05) is 79.0 Å². The molecule has 2 aromatic carbocycles. The number of nitrogens with zero attached hydrogens (tertiary/aromatic N) is 4. The Hall–Kier alpha value is -3.29. The monoisotopic (exact) mass is 626 g/mol. The number of fused-ring (bicyclic) bond motifs is 2. The smallest absolute Gasteiger partial charge is 0.146 e. The summed E-state index contributed by atoms with van der Waals surface area (Å²) in [5.74, 6) is 0.273. The number of phenolic OH excluding ortho intramolecular Hbond substituents is 3. The van der Waals surface area contributed by atoms with Gasteiger partial charge in [0, 0.05) is 73.6 Å². The number of aromatic nitrogens is 2. The molecule has 2 aromatic heterocycles. The summed E-state index contributed by atoms with van der Waals surface area (Å²) in [6.07, 6.45) is 3.23. The lowest BCUT2D eigenvalue weighted by Gasteiger charge is -2.24. The Morgan fingerprint density at radius 3 is 1.55 bits per heavy atom. The molecule has 0 saturated carbocycles. The van der Waals surface area contributed by atoms with Crippen LogP contribution < -0.4 is 0 Å². The highest BCUT2D eigenvalue weighted by Gasteiger charge is 2.17. The highest BCUT2D eigenvalue weighted by molar-refractivity contribution is 6.35. The lowest BCUT2D eigenvalue weighted by molar-refractivity contribution is 0.00612. The predicted molar refractivity (Wildman–Crippen MR) is 167 cm³/mol. The van der Waals surface area contributed by atoms with Crippen LogP contribution in [0, 0.1) is 0 Å². The number of hydrogen-bond donors (Lipinski definition) is 3. The number of aromatic hydroxyl groups is 3. The third-order valence-corrected chi connectivity index (χ3v) is 7.87. The van der Waals surface area contributed by atoms with Crippen LogP contribution in [0.4, 0.5) is 0 Å². The van der Waals surface area contributed by atoms with Gasteiger partial charge in [0.25, 0.3) is 0 Å². The van der Waals surface area contributed by atoms with E-state index in [9.17, 15) is 15.3 Å². The van der Waals surface area contributed by atoms with Crippen molar-refractivity contribution < 1.29 is 34.3 Å². The van der Waals surface area contributed by atoms with Gasteiger partial charge in [0.15, 0.2) is 0 Å². The summed E-state index contributed by atoms with van der Waals surface area (Å²) in [4.78, 5) is 12.8. The average Bonchev–Trinajstić information content (AvgIpc) is 3.03. The highest BCUT2D eigenvalue weighted by Crippen LogP contribution is 2.35. The van der Waals surface area contributed by atoms with E-state index in [1.165, 1.54) is 0 Å². The summed E-state index contributed by atoms with van der Waals surface area (Å²) in [5.41, 5.74) is 2.14. The van der Waals surface area contributed by atoms with Gasteiger partial charge in [-0.1, -0.05) is 11.6 Å². The van der Waals surface area contributed by atoms with Crippen molar-refractivity contribution in [3.63, 3.8) is 0 Å². The standard InChI is InChI=1S/C32H39ClN4O7/c33-27-19-23(31(39)29-25(27)3-1-5-34-29)21-36-7-11-41-15-17-43-13-9-37(10-14-44-18-16-42-12-8-36)22-24-20-28(38)26-4-2-6-35-30(26)32(24)40/h1-6,19-20,38-40H,7-18,21-22H2. The summed E-state index contributed by atoms with van der Waals surface area (Å²) in [7, 11) is 0. The van der Waals surface area contributed by atoms with E-state index >= 15 is 0 Å². The third kappa shape index (κ3) is 8.45. The molecule has 0 amide bonds. The van der Waals surface area contributed by atoms with Gasteiger partial charge < -0.3 is 34.3 Å². The first kappa shape index (κ1) is 32.1. The van der Waals surface area contributed by atoms with Crippen molar-refractivity contribution >= 4 is 33.4 Å². The second kappa shape index (κ2) is 16.1. The van der Waals surface area contributed by atoms with Gasteiger partial charge in [0.1, 0.15) is 28.3 Å². The van der Waals surface area contributed by atoms with E-state index in [1.54, 1.807) is 42.7 Å². The van der Waals surface area contributed by atoms with Crippen molar-refractivity contribution in [1.29, 1.82) is 0 Å². The summed E-state index contributed by atoms with van der Waals surface area (Å²) in [6, 6.07) is 10.5. The Bertz CT molecular complexity index is 1390. The maximum atomic E-state index is 10.9. The number of halogens is 1. The minimum Gasteiger partial charge on any atom is -0.507 e. The number of benzene rings is 2. The van der Waals surface area contributed by atoms with Gasteiger partial charge in [-0.15, -0.1) is 0 Å². The molecule has 0 bridgehead atoms. The van der Waals surface area contributed by atoms with E-state index in [0.29, 0.717) is 130 Å². The van der Waals surface area contributed by atoms with E-state index in [4.69, 9.17) is 30.5 Å². The predicted octanol–water partition coefficient (Wildman–Crippen LogP) is 3.94. The molecule has 0 unspecified atom stereocenters. The van der Waals surface area contributed by atoms with Crippen molar-refractivity contribution in [3.05, 3.63) is 64.9 Å². The topological polar surface area (TPSA) is 130 Å². The molecule has 44 heavy (non-hydrogen) atoms. The molecule has 0 spiro atoms. The SMILES string of the molecule is Oc1cc(CN2CCOCCOCCN(Cc3cc(Cl)c4cccnc4c3O)CCOCCOCC2)c(O)c2ncccc12. The van der Waals surface area contributed by atoms with Crippen molar-refractivity contribution in [2.24, 2.45) is 0 Å². The van der Waals surface area contributed by atoms with Crippen LogP contribution in [0.3, 0.4) is 0 Å². The lowest BCUT2D eigenvalue weighted by Crippen LogP contribution is -2.32. The summed E-state index contributed by atoms with van der Waals surface area (Å²) in [5, 5.41) is 34.0. The molecule has 1 aliphatic heterocycles. The number of hydrogen-bond acceptors (Lipinski definition) is 11. The molecule has 12 heteroatoms. The van der Waals surface area contributed by atoms with Crippen LogP contribution in [0.1, 0.15) is 11.1 Å². The highest BCUT2D eigenvalue weighted by atomic mass is 35.5. The Labute approximate surface area is 261 Å². The Morgan fingerprint density at radius 2 is 1.05 bits per heavy atom. The lowest BCUT2D eigenvalue weighted by atomic mass is 10.1. The zero-order chi connectivity index (χ0) is 30.7. The van der Waals surface area contributed by atoms with E-state index < -0.39 is 0 Å². The average molecular weight is 627 g/mol. The maximum Gasteiger partial charge on any atom is 0.146 e. The molecule has 0 radical (unpaired) electrons. The minimum atomic E-state index is 0.0612. The third-order valence-electron chi connectivity index (χ3n) is 7.56. The molecular formula is C32H39ClN4O7. The molecule has 3 N–H and O–H groups in total. The molecule has 0 atom stereocenters. The van der Waals surface area contributed by atoms with Gasteiger partial charge in [-0.25, -0.2) is 0 Å². The molecule has 11 nitrogen and oxygen atoms in total. The molecule has 1 fully saturated rings. The number of rotatable bonds is 4. The molecule has 236 valence electrons. The normalized spacial score (nSPS) is 17.8. The minimum absolute atomic E-state index is 0.0612. The zero-order valence-electron chi connectivity index (χ0n) is 24.7. The van der Waals surface area contributed by atoms with Gasteiger partial charge in [0.05, 0.1) is 57.9 Å². The molecule has 0 aliphatic carbocycles. The molecule has 3 heterocycles. The first-order chi connectivity index (χ1) is 21.5. The first-order valence-corrected chi connectivity index (χ1v) is 15.2. The molecule has 4 aromatic rings. The second-order valence-electron chi connectivity index (χ2n) is 10.6. The summed E-state index contributed by atoms with van der Waals surface area (Å²) in [6.45, 7) is 6.97. The second-order valence-corrected chi connectivity index (χ2v) is 11.0. The molecule has 5 rings (SSSR count). The van der Waals surface area contributed by atoms with Crippen molar-refractivity contribution in [2.45, 2.75) is 13.1 Å². The van der Waals surface area contributed by atoms with Crippen molar-refractivity contribution in [3.8, 4) is 17.2 Å². The maximum absolute atomic E-state index is 10.9. The molecular weight excluding hydrogens is 588 g/mol. The van der Waals surface area contributed by atoms with E-state index in [0.717, 1.165) is 0 Å². The number of pyridine rings is 2. The molecule has 1 saturated heterocycles. The van der Waals surface area contributed by atoms with Gasteiger partial charge in [0.2, 0.25) is 0 Å². The van der Waals surface area contributed by atoms with Crippen LogP contribution >= 0.6 is 11.6 Å². The van der Waals surface area contributed by atoms with Gasteiger partial charge in [-0.05, 0) is 36.4 Å². The van der Waals surface area contributed by atoms with Crippen LogP contribution in [0.2, 0.25) is 5.02 Å². The fourth-order valence-corrected chi connectivity index (χ4v) is 5.47. The van der Waals surface area contributed by atoms with Gasteiger partial charge in [-0.2, -0.15) is 0 Å². The van der Waals surface area contributed by atoms with Gasteiger partial charge in [-0.3, -0.25) is 19.8 Å². The number of ether oxygens (including phenoxy) is 4. The molecule has 1 aliphatic rings. The number of phenols is 3. The van der Waals surface area contributed by atoms with Crippen LogP contribution in [0.25, 0.3) is 21.8 Å². The van der Waals surface area contributed by atoms with Crippen LogP contribution in [-0.2, 0) is 32.0 Å². The van der Waals surface area contributed by atoms with Crippen LogP contribution in [-0.4, -0.2) is 114 Å². The van der Waals surface area contributed by atoms with Crippen molar-refractivity contribution in [1.82, 2.24) is 19.8 Å². The largest absolute Gasteiger partial charge is 0.507 e. The quantitative estimate of drug-likeness (QED) is 0.285. The summed E-state index contributed by atoms with van der Waals surface area (Å²) < 4.78 is 23.4. The summed E-state index contributed by atoms with van der Waals surface area (Å²) >= 11 is 6.50. The van der Waals surface area contributed by atoms with E-state index in [1.807, 2.05) is 6.07 Å².